The Morgan fingerprint density at radius 1 is 1.26 bits per heavy atom. The number of nitrogens with one attached hydrogen (secondary N) is 1. The van der Waals surface area contributed by atoms with E-state index < -0.39 is 23.3 Å². The summed E-state index contributed by atoms with van der Waals surface area (Å²) < 4.78 is 0. The number of aromatic hydroxyl groups is 1. The Morgan fingerprint density at radius 3 is 2.42 bits per heavy atom. The Labute approximate surface area is 110 Å². The van der Waals surface area contributed by atoms with Crippen LogP contribution in [-0.4, -0.2) is 39.8 Å². The minimum Gasteiger partial charge on any atom is -0.508 e. The largest absolute Gasteiger partial charge is 0.508 e. The minimum atomic E-state index is -1.09. The van der Waals surface area contributed by atoms with Crippen molar-refractivity contribution in [1.29, 1.82) is 0 Å². The minimum absolute atomic E-state index is 0.0447. The molecule has 1 aromatic carbocycles. The molecule has 19 heavy (non-hydrogen) atoms. The monoisotopic (exact) mass is 262 g/mol. The van der Waals surface area contributed by atoms with Crippen molar-refractivity contribution in [2.24, 2.45) is 0 Å². The van der Waals surface area contributed by atoms with Crippen LogP contribution in [0.3, 0.4) is 0 Å². The van der Waals surface area contributed by atoms with Crippen molar-refractivity contribution in [3.63, 3.8) is 0 Å². The molecule has 6 nitrogen and oxygen atoms in total. The van der Waals surface area contributed by atoms with Crippen molar-refractivity contribution in [2.75, 3.05) is 6.54 Å². The molecule has 100 valence electrons. The van der Waals surface area contributed by atoms with Gasteiger partial charge in [0, 0.05) is 5.56 Å². The lowest BCUT2D eigenvalue weighted by molar-refractivity contribution is -0.143. The third-order valence-electron chi connectivity index (χ3n) is 3.14. The summed E-state index contributed by atoms with van der Waals surface area (Å²) in [5.74, 6) is -1.39. The van der Waals surface area contributed by atoms with E-state index in [9.17, 15) is 19.5 Å². The average molecular weight is 262 g/mol. The molecule has 1 fully saturated rings. The van der Waals surface area contributed by atoms with Crippen molar-refractivity contribution in [3.05, 3.63) is 29.8 Å². The van der Waals surface area contributed by atoms with E-state index in [1.165, 1.54) is 29.2 Å². The Morgan fingerprint density at radius 2 is 1.84 bits per heavy atom. The van der Waals surface area contributed by atoms with E-state index >= 15 is 0 Å². The second kappa shape index (κ2) is 4.38. The molecule has 6 heteroatoms. The molecule has 0 radical (unpaired) electrons. The fourth-order valence-corrected chi connectivity index (χ4v) is 1.87. The second-order valence-corrected chi connectivity index (χ2v) is 4.87. The molecule has 0 aliphatic carbocycles. The summed E-state index contributed by atoms with van der Waals surface area (Å²) in [6, 6.07) is 5.66. The van der Waals surface area contributed by atoms with Gasteiger partial charge in [0.2, 0.25) is 5.91 Å². The molecular formula is C13H14N2O4. The van der Waals surface area contributed by atoms with Crippen molar-refractivity contribution in [1.82, 2.24) is 10.2 Å². The van der Waals surface area contributed by atoms with Crippen LogP contribution >= 0.6 is 0 Å². The zero-order valence-electron chi connectivity index (χ0n) is 10.6. The lowest BCUT2D eigenvalue weighted by Gasteiger charge is -2.40. The zero-order chi connectivity index (χ0) is 14.2. The zero-order valence-corrected chi connectivity index (χ0v) is 10.6. The number of benzene rings is 1. The third kappa shape index (κ3) is 2.29. The molecule has 0 bridgehead atoms. The molecule has 0 atom stereocenters. The van der Waals surface area contributed by atoms with Gasteiger partial charge in [-0.2, -0.15) is 0 Å². The Bertz CT molecular complexity index is 548. The summed E-state index contributed by atoms with van der Waals surface area (Å²) in [5.41, 5.74) is -0.781. The number of piperazine rings is 1. The highest BCUT2D eigenvalue weighted by Crippen LogP contribution is 2.21. The van der Waals surface area contributed by atoms with E-state index in [1.807, 2.05) is 0 Å². The summed E-state index contributed by atoms with van der Waals surface area (Å²) in [6.07, 6.45) is 0. The molecule has 1 aliphatic rings. The summed E-state index contributed by atoms with van der Waals surface area (Å²) in [5, 5.41) is 11.4. The third-order valence-corrected chi connectivity index (χ3v) is 3.14. The normalized spacial score (nSPS) is 18.1. The van der Waals surface area contributed by atoms with Crippen molar-refractivity contribution < 1.29 is 19.5 Å². The van der Waals surface area contributed by atoms with Gasteiger partial charge in [-0.05, 0) is 38.1 Å². The van der Waals surface area contributed by atoms with Gasteiger partial charge in [-0.25, -0.2) is 0 Å². The lowest BCUT2D eigenvalue weighted by Crippen LogP contribution is -2.65. The number of amides is 3. The van der Waals surface area contributed by atoms with E-state index in [4.69, 9.17) is 0 Å². The smallest absolute Gasteiger partial charge is 0.255 e. The van der Waals surface area contributed by atoms with Gasteiger partial charge in [-0.3, -0.25) is 19.7 Å². The number of phenolic OH excluding ortho intramolecular Hbond substituents is 1. The molecule has 0 spiro atoms. The standard InChI is InChI=1S/C13H14N2O4/c1-13(2)12(19)14-10(17)7-15(13)11(18)8-3-5-9(16)6-4-8/h3-6,16H,7H2,1-2H3,(H,14,17,19). The number of carbonyl (C=O) groups excluding carboxylic acids is 3. The van der Waals surface area contributed by atoms with Gasteiger partial charge in [0.15, 0.2) is 0 Å². The first-order valence-electron chi connectivity index (χ1n) is 5.77. The molecule has 3 amide bonds. The van der Waals surface area contributed by atoms with Gasteiger partial charge in [0.05, 0.1) is 0 Å². The summed E-state index contributed by atoms with van der Waals surface area (Å²) in [6.45, 7) is 2.98. The first kappa shape index (κ1) is 13.1. The summed E-state index contributed by atoms with van der Waals surface area (Å²) in [4.78, 5) is 36.7. The lowest BCUT2D eigenvalue weighted by atomic mass is 9.97. The van der Waals surface area contributed by atoms with E-state index in [0.717, 1.165) is 0 Å². The van der Waals surface area contributed by atoms with Crippen LogP contribution in [0.25, 0.3) is 0 Å². The van der Waals surface area contributed by atoms with Crippen molar-refractivity contribution in [2.45, 2.75) is 19.4 Å². The number of hydrogen-bond acceptors (Lipinski definition) is 4. The van der Waals surface area contributed by atoms with Crippen LogP contribution in [0.15, 0.2) is 24.3 Å². The van der Waals surface area contributed by atoms with Gasteiger partial charge in [0.25, 0.3) is 11.8 Å². The molecule has 0 saturated carbocycles. The SMILES string of the molecule is CC1(C)C(=O)NC(=O)CN1C(=O)c1ccc(O)cc1. The van der Waals surface area contributed by atoms with E-state index in [2.05, 4.69) is 5.32 Å². The van der Waals surface area contributed by atoms with Gasteiger partial charge in [-0.1, -0.05) is 0 Å². The topological polar surface area (TPSA) is 86.7 Å². The number of hydrogen-bond donors (Lipinski definition) is 2. The maximum atomic E-state index is 12.3. The molecule has 2 N–H and O–H groups in total. The van der Waals surface area contributed by atoms with Crippen LogP contribution in [0.4, 0.5) is 0 Å². The van der Waals surface area contributed by atoms with Gasteiger partial charge in [-0.15, -0.1) is 0 Å². The Balaban J connectivity index is 2.33. The average Bonchev–Trinajstić information content (AvgIpc) is 2.34. The van der Waals surface area contributed by atoms with E-state index in [0.29, 0.717) is 5.56 Å². The highest BCUT2D eigenvalue weighted by Gasteiger charge is 2.43. The fourth-order valence-electron chi connectivity index (χ4n) is 1.87. The van der Waals surface area contributed by atoms with Crippen molar-refractivity contribution >= 4 is 17.7 Å². The van der Waals surface area contributed by atoms with Crippen LogP contribution in [0.1, 0.15) is 24.2 Å². The highest BCUT2D eigenvalue weighted by molar-refractivity contribution is 6.08. The highest BCUT2D eigenvalue weighted by atomic mass is 16.3. The second-order valence-electron chi connectivity index (χ2n) is 4.87. The van der Waals surface area contributed by atoms with Crippen LogP contribution in [0.2, 0.25) is 0 Å². The van der Waals surface area contributed by atoms with Crippen LogP contribution in [0, 0.1) is 0 Å². The number of nitrogens with zero attached hydrogens (tertiary/aromatic N) is 1. The van der Waals surface area contributed by atoms with Crippen molar-refractivity contribution in [3.8, 4) is 5.75 Å². The van der Waals surface area contributed by atoms with Crippen LogP contribution < -0.4 is 5.32 Å². The van der Waals surface area contributed by atoms with Crippen LogP contribution in [0.5, 0.6) is 5.75 Å². The Hall–Kier alpha value is -2.37. The summed E-state index contributed by atoms with van der Waals surface area (Å²) >= 11 is 0. The first-order chi connectivity index (χ1) is 8.82. The predicted molar refractivity (Wildman–Crippen MR) is 66.4 cm³/mol. The van der Waals surface area contributed by atoms with Gasteiger partial charge < -0.3 is 10.0 Å². The summed E-state index contributed by atoms with van der Waals surface area (Å²) in [7, 11) is 0. The molecule has 2 rings (SSSR count). The quantitative estimate of drug-likeness (QED) is 0.711. The maximum absolute atomic E-state index is 12.3. The van der Waals surface area contributed by atoms with Gasteiger partial charge in [0.1, 0.15) is 17.8 Å². The molecule has 0 aromatic heterocycles. The maximum Gasteiger partial charge on any atom is 0.255 e. The van der Waals surface area contributed by atoms with E-state index in [-0.39, 0.29) is 12.3 Å². The number of rotatable bonds is 1. The number of phenols is 1. The molecular weight excluding hydrogens is 248 g/mol. The molecule has 1 heterocycles. The molecule has 1 aliphatic heterocycles. The van der Waals surface area contributed by atoms with E-state index in [1.54, 1.807) is 13.8 Å². The predicted octanol–water partition coefficient (Wildman–Crippen LogP) is 0.269. The number of carbonyl (C=O) groups is 3. The molecule has 1 saturated heterocycles. The first-order valence-corrected chi connectivity index (χ1v) is 5.77. The fraction of sp³-hybridized carbons (Fsp3) is 0.308. The Kier molecular flexibility index (Phi) is 3.01. The number of imide groups is 1. The van der Waals surface area contributed by atoms with Gasteiger partial charge >= 0.3 is 0 Å². The molecule has 0 unspecified atom stereocenters. The van der Waals surface area contributed by atoms with Crippen LogP contribution in [-0.2, 0) is 9.59 Å². The molecule has 1 aromatic rings.